The van der Waals surface area contributed by atoms with Crippen LogP contribution in [0.25, 0.3) is 0 Å². The molecule has 0 fully saturated rings. The molecule has 7 heteroatoms. The number of aliphatic hydroxyl groups excluding tert-OH is 1. The maximum absolute atomic E-state index is 12.7. The minimum atomic E-state index is -4.36. The van der Waals surface area contributed by atoms with Crippen LogP contribution in [0, 0.1) is 0 Å². The van der Waals surface area contributed by atoms with Gasteiger partial charge >= 0.3 is 6.18 Å². The van der Waals surface area contributed by atoms with Crippen LogP contribution in [0.1, 0.15) is 19.4 Å². The fourth-order valence-electron chi connectivity index (χ4n) is 1.98. The number of nitrogens with zero attached hydrogens (tertiary/aromatic N) is 1. The number of hydrogen-bond donors (Lipinski definition) is 2. The van der Waals surface area contributed by atoms with Gasteiger partial charge in [0.1, 0.15) is 6.54 Å². The molecule has 0 saturated heterocycles. The van der Waals surface area contributed by atoms with Crippen molar-refractivity contribution >= 4 is 17.3 Å². The molecule has 0 aliphatic carbocycles. The first-order valence-electron chi connectivity index (χ1n) is 6.68. The molecule has 0 saturated carbocycles. The zero-order chi connectivity index (χ0) is 16.0. The van der Waals surface area contributed by atoms with Crippen LogP contribution in [-0.4, -0.2) is 37.0 Å². The molecule has 0 unspecified atom stereocenters. The molecule has 2 N–H and O–H groups in total. The van der Waals surface area contributed by atoms with E-state index in [1.54, 1.807) is 18.2 Å². The molecule has 0 heterocycles. The van der Waals surface area contributed by atoms with Gasteiger partial charge in [-0.3, -0.25) is 0 Å². The largest absolute Gasteiger partial charge is 0.405 e. The maximum atomic E-state index is 12.7. The predicted octanol–water partition coefficient (Wildman–Crippen LogP) is 3.20. The molecule has 1 aromatic rings. The van der Waals surface area contributed by atoms with E-state index in [4.69, 9.17) is 16.7 Å². The first-order chi connectivity index (χ1) is 9.74. The van der Waals surface area contributed by atoms with Gasteiger partial charge in [-0.05, 0) is 11.6 Å². The van der Waals surface area contributed by atoms with Crippen LogP contribution in [0.15, 0.2) is 18.2 Å². The summed E-state index contributed by atoms with van der Waals surface area (Å²) in [5.74, 6) is 0. The predicted molar refractivity (Wildman–Crippen MR) is 78.8 cm³/mol. The first kappa shape index (κ1) is 18.1. The number of halogens is 4. The van der Waals surface area contributed by atoms with Gasteiger partial charge in [0.05, 0.1) is 17.3 Å². The van der Waals surface area contributed by atoms with E-state index in [9.17, 15) is 13.2 Å². The second-order valence-corrected chi connectivity index (χ2v) is 5.45. The summed E-state index contributed by atoms with van der Waals surface area (Å²) < 4.78 is 38.1. The summed E-state index contributed by atoms with van der Waals surface area (Å²) >= 11 is 6.09. The summed E-state index contributed by atoms with van der Waals surface area (Å²) in [7, 11) is 0. The van der Waals surface area contributed by atoms with Gasteiger partial charge in [-0.1, -0.05) is 37.6 Å². The van der Waals surface area contributed by atoms with Crippen LogP contribution in [-0.2, 0) is 6.54 Å². The third-order valence-corrected chi connectivity index (χ3v) is 3.13. The number of nitrogens with one attached hydrogen (secondary N) is 1. The Kier molecular flexibility index (Phi) is 6.77. The van der Waals surface area contributed by atoms with E-state index < -0.39 is 12.7 Å². The number of anilines is 1. The highest BCUT2D eigenvalue weighted by atomic mass is 35.5. The minimum absolute atomic E-state index is 0.127. The van der Waals surface area contributed by atoms with Crippen molar-refractivity contribution in [2.24, 2.45) is 0 Å². The molecule has 0 atom stereocenters. The molecular weight excluding hydrogens is 305 g/mol. The molecule has 0 aromatic heterocycles. The van der Waals surface area contributed by atoms with E-state index >= 15 is 0 Å². The smallest absolute Gasteiger partial charge is 0.395 e. The number of aliphatic hydroxyl groups is 1. The monoisotopic (exact) mass is 324 g/mol. The zero-order valence-electron chi connectivity index (χ0n) is 12.0. The van der Waals surface area contributed by atoms with Crippen molar-refractivity contribution in [3.05, 3.63) is 28.8 Å². The maximum Gasteiger partial charge on any atom is 0.405 e. The van der Waals surface area contributed by atoms with Gasteiger partial charge in [-0.25, -0.2) is 0 Å². The molecule has 1 rings (SSSR count). The van der Waals surface area contributed by atoms with Crippen LogP contribution >= 0.6 is 11.6 Å². The number of rotatable bonds is 7. The van der Waals surface area contributed by atoms with Gasteiger partial charge in [0.25, 0.3) is 0 Å². The third-order valence-electron chi connectivity index (χ3n) is 2.83. The molecule has 3 nitrogen and oxygen atoms in total. The summed E-state index contributed by atoms with van der Waals surface area (Å²) in [5.41, 5.74) is 0.993. The van der Waals surface area contributed by atoms with E-state index in [1.165, 1.54) is 0 Å². The van der Waals surface area contributed by atoms with E-state index in [0.29, 0.717) is 17.8 Å². The van der Waals surface area contributed by atoms with Crippen molar-refractivity contribution in [2.45, 2.75) is 32.6 Å². The Balaban J connectivity index is 3.09. The molecule has 1 aromatic carbocycles. The zero-order valence-corrected chi connectivity index (χ0v) is 12.8. The Hall–Kier alpha value is -0.980. The lowest BCUT2D eigenvalue weighted by Gasteiger charge is -2.28. The molecular formula is C14H20ClF3N2O. The van der Waals surface area contributed by atoms with Crippen LogP contribution in [0.2, 0.25) is 5.02 Å². The third kappa shape index (κ3) is 6.11. The highest BCUT2D eigenvalue weighted by molar-refractivity contribution is 6.33. The van der Waals surface area contributed by atoms with E-state index in [-0.39, 0.29) is 24.2 Å². The SMILES string of the molecule is CC(C)NCc1cccc(Cl)c1N(CCO)CC(F)(F)F. The van der Waals surface area contributed by atoms with Crippen molar-refractivity contribution < 1.29 is 18.3 Å². The highest BCUT2D eigenvalue weighted by Crippen LogP contribution is 2.32. The quantitative estimate of drug-likeness (QED) is 0.808. The Bertz CT molecular complexity index is 452. The van der Waals surface area contributed by atoms with E-state index in [1.807, 2.05) is 13.8 Å². The molecule has 21 heavy (non-hydrogen) atoms. The number of hydrogen-bond acceptors (Lipinski definition) is 3. The van der Waals surface area contributed by atoms with Gasteiger partial charge in [-0.2, -0.15) is 13.2 Å². The van der Waals surface area contributed by atoms with Gasteiger partial charge < -0.3 is 15.3 Å². The van der Waals surface area contributed by atoms with Gasteiger partial charge in [-0.15, -0.1) is 0 Å². The number of benzene rings is 1. The van der Waals surface area contributed by atoms with Crippen molar-refractivity contribution in [3.8, 4) is 0 Å². The Morgan fingerprint density at radius 1 is 1.33 bits per heavy atom. The fraction of sp³-hybridized carbons (Fsp3) is 0.571. The molecule has 0 aliphatic heterocycles. The minimum Gasteiger partial charge on any atom is -0.395 e. The van der Waals surface area contributed by atoms with Crippen LogP contribution < -0.4 is 10.2 Å². The lowest BCUT2D eigenvalue weighted by Crippen LogP contribution is -2.37. The lowest BCUT2D eigenvalue weighted by atomic mass is 10.1. The Morgan fingerprint density at radius 2 is 2.00 bits per heavy atom. The van der Waals surface area contributed by atoms with Gasteiger partial charge in [0.2, 0.25) is 0 Å². The van der Waals surface area contributed by atoms with E-state index in [0.717, 1.165) is 4.90 Å². The molecule has 0 radical (unpaired) electrons. The van der Waals surface area contributed by atoms with Crippen molar-refractivity contribution in [2.75, 3.05) is 24.6 Å². The van der Waals surface area contributed by atoms with Gasteiger partial charge in [0, 0.05) is 19.1 Å². The number of para-hydroxylation sites is 1. The van der Waals surface area contributed by atoms with Crippen LogP contribution in [0.3, 0.4) is 0 Å². The summed E-state index contributed by atoms with van der Waals surface area (Å²) in [4.78, 5) is 1.07. The van der Waals surface area contributed by atoms with Crippen molar-refractivity contribution in [1.82, 2.24) is 5.32 Å². The number of alkyl halides is 3. The molecule has 0 amide bonds. The van der Waals surface area contributed by atoms with E-state index in [2.05, 4.69) is 5.32 Å². The first-order valence-corrected chi connectivity index (χ1v) is 7.05. The second kappa shape index (κ2) is 7.87. The standard InChI is InChI=1S/C14H20ClF3N2O/c1-10(2)19-8-11-4-3-5-12(15)13(11)20(6-7-21)9-14(16,17)18/h3-5,10,19,21H,6-9H2,1-2H3. The van der Waals surface area contributed by atoms with Crippen LogP contribution in [0.5, 0.6) is 0 Å². The van der Waals surface area contributed by atoms with Crippen LogP contribution in [0.4, 0.5) is 18.9 Å². The normalized spacial score (nSPS) is 12.0. The topological polar surface area (TPSA) is 35.5 Å². The average Bonchev–Trinajstić information content (AvgIpc) is 2.34. The lowest BCUT2D eigenvalue weighted by molar-refractivity contribution is -0.119. The summed E-state index contributed by atoms with van der Waals surface area (Å²) in [5, 5.41) is 12.4. The summed E-state index contributed by atoms with van der Waals surface area (Å²) in [6, 6.07) is 5.19. The average molecular weight is 325 g/mol. The summed E-state index contributed by atoms with van der Waals surface area (Å²) in [6.07, 6.45) is -4.36. The van der Waals surface area contributed by atoms with Gasteiger partial charge in [0.15, 0.2) is 0 Å². The second-order valence-electron chi connectivity index (χ2n) is 5.04. The highest BCUT2D eigenvalue weighted by Gasteiger charge is 2.32. The summed E-state index contributed by atoms with van der Waals surface area (Å²) in [6.45, 7) is 2.66. The molecule has 0 spiro atoms. The Labute approximate surface area is 127 Å². The Morgan fingerprint density at radius 3 is 2.52 bits per heavy atom. The van der Waals surface area contributed by atoms with Crippen molar-refractivity contribution in [1.29, 1.82) is 0 Å². The fourth-order valence-corrected chi connectivity index (χ4v) is 2.29. The molecule has 120 valence electrons. The molecule has 0 bridgehead atoms. The molecule has 0 aliphatic rings. The van der Waals surface area contributed by atoms with Crippen molar-refractivity contribution in [3.63, 3.8) is 0 Å².